The van der Waals surface area contributed by atoms with Crippen LogP contribution < -0.4 is 10.6 Å². The Balaban J connectivity index is 2.29. The van der Waals surface area contributed by atoms with Crippen LogP contribution in [0.1, 0.15) is 48.0 Å². The summed E-state index contributed by atoms with van der Waals surface area (Å²) >= 11 is 0. The minimum atomic E-state index is -0.744. The van der Waals surface area contributed by atoms with Gasteiger partial charge in [0, 0.05) is 18.5 Å². The number of amides is 1. The molecule has 0 heterocycles. The average Bonchev–Trinajstić information content (AvgIpc) is 2.51. The van der Waals surface area contributed by atoms with E-state index < -0.39 is 5.97 Å². The summed E-state index contributed by atoms with van der Waals surface area (Å²) in [6.07, 6.45) is 4.47. The molecule has 5 nitrogen and oxygen atoms in total. The molecule has 0 fully saturated rings. The van der Waals surface area contributed by atoms with E-state index in [0.717, 1.165) is 43.4 Å². The summed E-state index contributed by atoms with van der Waals surface area (Å²) in [7, 11) is 1.90. The van der Waals surface area contributed by atoms with Crippen LogP contribution in [-0.2, 0) is 11.2 Å². The number of unbranched alkanes of at least 4 members (excludes halogenated alkanes) is 3. The molecule has 0 spiro atoms. The zero-order chi connectivity index (χ0) is 16.2. The van der Waals surface area contributed by atoms with Crippen molar-refractivity contribution in [3.63, 3.8) is 0 Å². The summed E-state index contributed by atoms with van der Waals surface area (Å²) in [5, 5.41) is 14.6. The number of aliphatic carboxylic acids is 1. The van der Waals surface area contributed by atoms with Gasteiger partial charge in [0.15, 0.2) is 0 Å². The fourth-order valence-electron chi connectivity index (χ4n) is 2.27. The number of carbonyl (C=O) groups is 2. The van der Waals surface area contributed by atoms with Crippen molar-refractivity contribution in [1.82, 2.24) is 10.6 Å². The number of carboxylic acid groups (broad SMARTS) is 1. The lowest BCUT2D eigenvalue weighted by molar-refractivity contribution is -0.137. The van der Waals surface area contributed by atoms with Crippen molar-refractivity contribution in [1.29, 1.82) is 0 Å². The predicted molar refractivity (Wildman–Crippen MR) is 87.1 cm³/mol. The first-order chi connectivity index (χ1) is 10.6. The SMILES string of the molecule is CNCCc1ccccc1C(=O)NCCCCCCC(=O)O. The van der Waals surface area contributed by atoms with Gasteiger partial charge in [0.25, 0.3) is 5.91 Å². The Morgan fingerprint density at radius 3 is 2.50 bits per heavy atom. The minimum absolute atomic E-state index is 0.0303. The standard InChI is InChI=1S/C17H26N2O3/c1-18-13-11-14-8-5-6-9-15(14)17(22)19-12-7-3-2-4-10-16(20)21/h5-6,8-9,18H,2-4,7,10-13H2,1H3,(H,19,22)(H,20,21). The smallest absolute Gasteiger partial charge is 0.303 e. The summed E-state index contributed by atoms with van der Waals surface area (Å²) in [5.41, 5.74) is 1.79. The molecule has 1 rings (SSSR count). The van der Waals surface area contributed by atoms with Gasteiger partial charge in [-0.15, -0.1) is 0 Å². The Labute approximate surface area is 132 Å². The lowest BCUT2D eigenvalue weighted by Gasteiger charge is -2.10. The number of hydrogen-bond donors (Lipinski definition) is 3. The Bertz CT molecular complexity index is 475. The van der Waals surface area contributed by atoms with E-state index in [2.05, 4.69) is 10.6 Å². The van der Waals surface area contributed by atoms with Crippen LogP contribution in [0.25, 0.3) is 0 Å². The third-order valence-corrected chi connectivity index (χ3v) is 3.51. The van der Waals surface area contributed by atoms with Crippen LogP contribution in [0.2, 0.25) is 0 Å². The van der Waals surface area contributed by atoms with Crippen molar-refractivity contribution < 1.29 is 14.7 Å². The van der Waals surface area contributed by atoms with Crippen LogP contribution in [0.4, 0.5) is 0 Å². The number of nitrogens with one attached hydrogen (secondary N) is 2. The third-order valence-electron chi connectivity index (χ3n) is 3.51. The highest BCUT2D eigenvalue weighted by Gasteiger charge is 2.09. The first kappa shape index (κ1) is 18.2. The van der Waals surface area contributed by atoms with Gasteiger partial charge in [0.05, 0.1) is 0 Å². The van der Waals surface area contributed by atoms with Crippen LogP contribution in [0.15, 0.2) is 24.3 Å². The summed E-state index contributed by atoms with van der Waals surface area (Å²) in [6.45, 7) is 1.47. The van der Waals surface area contributed by atoms with E-state index >= 15 is 0 Å². The van der Waals surface area contributed by atoms with Crippen molar-refractivity contribution in [2.24, 2.45) is 0 Å². The summed E-state index contributed by atoms with van der Waals surface area (Å²) in [4.78, 5) is 22.6. The van der Waals surface area contributed by atoms with Gasteiger partial charge in [-0.1, -0.05) is 31.0 Å². The number of carboxylic acids is 1. The van der Waals surface area contributed by atoms with Crippen molar-refractivity contribution in [2.75, 3.05) is 20.1 Å². The molecule has 0 bridgehead atoms. The normalized spacial score (nSPS) is 10.4. The van der Waals surface area contributed by atoms with E-state index in [-0.39, 0.29) is 12.3 Å². The van der Waals surface area contributed by atoms with E-state index in [9.17, 15) is 9.59 Å². The van der Waals surface area contributed by atoms with Gasteiger partial charge in [-0.25, -0.2) is 0 Å². The number of carbonyl (C=O) groups excluding carboxylic acids is 1. The molecular weight excluding hydrogens is 280 g/mol. The molecule has 22 heavy (non-hydrogen) atoms. The zero-order valence-electron chi connectivity index (χ0n) is 13.2. The quantitative estimate of drug-likeness (QED) is 0.548. The molecule has 0 aliphatic heterocycles. The molecule has 0 aliphatic rings. The van der Waals surface area contributed by atoms with Crippen LogP contribution in [-0.4, -0.2) is 37.1 Å². The zero-order valence-corrected chi connectivity index (χ0v) is 13.2. The topological polar surface area (TPSA) is 78.4 Å². The van der Waals surface area contributed by atoms with Gasteiger partial charge in [-0.3, -0.25) is 9.59 Å². The fourth-order valence-corrected chi connectivity index (χ4v) is 2.27. The molecule has 122 valence electrons. The first-order valence-corrected chi connectivity index (χ1v) is 7.87. The second kappa shape index (κ2) is 10.8. The maximum absolute atomic E-state index is 12.2. The van der Waals surface area contributed by atoms with Crippen LogP contribution >= 0.6 is 0 Å². The van der Waals surface area contributed by atoms with E-state index in [0.29, 0.717) is 13.0 Å². The van der Waals surface area contributed by atoms with Crippen molar-refractivity contribution in [3.8, 4) is 0 Å². The average molecular weight is 306 g/mol. The second-order valence-corrected chi connectivity index (χ2v) is 5.32. The van der Waals surface area contributed by atoms with Crippen LogP contribution in [0, 0.1) is 0 Å². The van der Waals surface area contributed by atoms with Crippen LogP contribution in [0.5, 0.6) is 0 Å². The number of benzene rings is 1. The molecular formula is C17H26N2O3. The molecule has 0 saturated heterocycles. The summed E-state index contributed by atoms with van der Waals surface area (Å²) in [5.74, 6) is -0.774. The van der Waals surface area contributed by atoms with Crippen molar-refractivity contribution in [3.05, 3.63) is 35.4 Å². The molecule has 0 atom stereocenters. The van der Waals surface area contributed by atoms with Crippen molar-refractivity contribution >= 4 is 11.9 Å². The van der Waals surface area contributed by atoms with Crippen LogP contribution in [0.3, 0.4) is 0 Å². The molecule has 0 saturated carbocycles. The predicted octanol–water partition coefficient (Wildman–Crippen LogP) is 2.21. The lowest BCUT2D eigenvalue weighted by atomic mass is 10.0. The Hall–Kier alpha value is -1.88. The van der Waals surface area contributed by atoms with Gasteiger partial charge in [0.1, 0.15) is 0 Å². The Morgan fingerprint density at radius 2 is 1.77 bits per heavy atom. The highest BCUT2D eigenvalue weighted by molar-refractivity contribution is 5.95. The molecule has 1 aromatic carbocycles. The van der Waals surface area contributed by atoms with Gasteiger partial charge in [-0.05, 0) is 44.5 Å². The second-order valence-electron chi connectivity index (χ2n) is 5.32. The fraction of sp³-hybridized carbons (Fsp3) is 0.529. The highest BCUT2D eigenvalue weighted by Crippen LogP contribution is 2.09. The molecule has 0 aliphatic carbocycles. The van der Waals surface area contributed by atoms with E-state index in [4.69, 9.17) is 5.11 Å². The van der Waals surface area contributed by atoms with Gasteiger partial charge in [0.2, 0.25) is 0 Å². The molecule has 3 N–H and O–H groups in total. The maximum atomic E-state index is 12.2. The molecule has 1 aromatic rings. The molecule has 0 aromatic heterocycles. The van der Waals surface area contributed by atoms with Gasteiger partial charge in [-0.2, -0.15) is 0 Å². The number of rotatable bonds is 11. The monoisotopic (exact) mass is 306 g/mol. The lowest BCUT2D eigenvalue weighted by Crippen LogP contribution is -2.26. The molecule has 5 heteroatoms. The van der Waals surface area contributed by atoms with Crippen molar-refractivity contribution in [2.45, 2.75) is 38.5 Å². The van der Waals surface area contributed by atoms with E-state index in [1.54, 1.807) is 0 Å². The number of likely N-dealkylation sites (N-methyl/N-ethyl adjacent to an activating group) is 1. The summed E-state index contributed by atoms with van der Waals surface area (Å²) in [6, 6.07) is 7.67. The Kier molecular flexibility index (Phi) is 8.91. The van der Waals surface area contributed by atoms with Gasteiger partial charge >= 0.3 is 5.97 Å². The minimum Gasteiger partial charge on any atom is -0.481 e. The summed E-state index contributed by atoms with van der Waals surface area (Å²) < 4.78 is 0. The Morgan fingerprint density at radius 1 is 1.05 bits per heavy atom. The maximum Gasteiger partial charge on any atom is 0.303 e. The van der Waals surface area contributed by atoms with E-state index in [1.807, 2.05) is 31.3 Å². The first-order valence-electron chi connectivity index (χ1n) is 7.87. The molecule has 0 radical (unpaired) electrons. The van der Waals surface area contributed by atoms with E-state index in [1.165, 1.54) is 0 Å². The third kappa shape index (κ3) is 7.22. The molecule has 0 unspecified atom stereocenters. The molecule has 1 amide bonds. The number of hydrogen-bond acceptors (Lipinski definition) is 3. The highest BCUT2D eigenvalue weighted by atomic mass is 16.4. The largest absolute Gasteiger partial charge is 0.481 e. The van der Waals surface area contributed by atoms with Gasteiger partial charge < -0.3 is 15.7 Å².